The van der Waals surface area contributed by atoms with Crippen LogP contribution in [0.15, 0.2) is 24.7 Å². The molecule has 3 aromatic rings. The summed E-state index contributed by atoms with van der Waals surface area (Å²) in [6, 6.07) is 4.07. The number of morpholine rings is 1. The van der Waals surface area contributed by atoms with Crippen LogP contribution >= 0.6 is 11.3 Å². The normalized spacial score (nSPS) is 17.4. The minimum absolute atomic E-state index is 0.155. The number of piperazine rings is 1. The Morgan fingerprint density at radius 2 is 1.94 bits per heavy atom. The van der Waals surface area contributed by atoms with Gasteiger partial charge in [0.2, 0.25) is 5.88 Å². The maximum absolute atomic E-state index is 12.7. The first-order valence-electron chi connectivity index (χ1n) is 10.9. The lowest BCUT2D eigenvalue weighted by atomic mass is 10.2. The van der Waals surface area contributed by atoms with Gasteiger partial charge in [-0.2, -0.15) is 4.98 Å². The lowest BCUT2D eigenvalue weighted by Gasteiger charge is -2.34. The molecule has 2 amide bonds. The molecule has 2 fully saturated rings. The molecule has 1 N–H and O–H groups in total. The van der Waals surface area contributed by atoms with Crippen LogP contribution in [0.4, 0.5) is 15.7 Å². The molecule has 0 radical (unpaired) electrons. The van der Waals surface area contributed by atoms with E-state index in [1.165, 1.54) is 30.3 Å². The zero-order valence-electron chi connectivity index (χ0n) is 18.4. The molecule has 0 bridgehead atoms. The highest BCUT2D eigenvalue weighted by molar-refractivity contribution is 7.22. The minimum atomic E-state index is -0.155. The third-order valence-corrected chi connectivity index (χ3v) is 6.66. The maximum Gasteiger partial charge on any atom is 0.323 e. The Morgan fingerprint density at radius 3 is 2.67 bits per heavy atom. The molecule has 11 nitrogen and oxygen atoms in total. The smallest absolute Gasteiger partial charge is 0.323 e. The second-order valence-electron chi connectivity index (χ2n) is 7.87. The van der Waals surface area contributed by atoms with Crippen LogP contribution in [-0.2, 0) is 11.3 Å². The summed E-state index contributed by atoms with van der Waals surface area (Å²) in [5.41, 5.74) is 1.73. The van der Waals surface area contributed by atoms with Crippen molar-refractivity contribution < 1.29 is 14.3 Å². The predicted octanol–water partition coefficient (Wildman–Crippen LogP) is 1.68. The number of pyridine rings is 1. The molecule has 5 rings (SSSR count). The fraction of sp³-hybridized carbons (Fsp3) is 0.476. The van der Waals surface area contributed by atoms with Gasteiger partial charge in [-0.15, -0.1) is 0 Å². The molecule has 0 unspecified atom stereocenters. The second kappa shape index (κ2) is 9.81. The van der Waals surface area contributed by atoms with Crippen LogP contribution in [0, 0.1) is 0 Å². The van der Waals surface area contributed by atoms with Gasteiger partial charge in [-0.05, 0) is 11.6 Å². The molecule has 174 valence electrons. The quantitative estimate of drug-likeness (QED) is 0.596. The monoisotopic (exact) mass is 470 g/mol. The van der Waals surface area contributed by atoms with Crippen LogP contribution in [0.1, 0.15) is 5.56 Å². The van der Waals surface area contributed by atoms with Crippen molar-refractivity contribution in [1.29, 1.82) is 0 Å². The van der Waals surface area contributed by atoms with E-state index in [9.17, 15) is 4.79 Å². The first kappa shape index (κ1) is 21.7. The Labute approximate surface area is 195 Å². The summed E-state index contributed by atoms with van der Waals surface area (Å²) in [6.07, 6.45) is 3.38. The number of anilines is 2. The van der Waals surface area contributed by atoms with Crippen molar-refractivity contribution in [1.82, 2.24) is 29.7 Å². The Morgan fingerprint density at radius 1 is 1.12 bits per heavy atom. The molecule has 2 aliphatic heterocycles. The summed E-state index contributed by atoms with van der Waals surface area (Å²) in [5, 5.41) is 3.37. The number of hydrogen-bond donors (Lipinski definition) is 1. The molecule has 0 atom stereocenters. The highest BCUT2D eigenvalue weighted by Gasteiger charge is 2.23. The van der Waals surface area contributed by atoms with Crippen LogP contribution in [0.2, 0.25) is 0 Å². The van der Waals surface area contributed by atoms with E-state index in [4.69, 9.17) is 9.47 Å². The zero-order valence-corrected chi connectivity index (χ0v) is 19.3. The summed E-state index contributed by atoms with van der Waals surface area (Å²) in [4.78, 5) is 37.1. The van der Waals surface area contributed by atoms with Crippen LogP contribution in [0.5, 0.6) is 5.88 Å². The Balaban J connectivity index is 1.12. The fourth-order valence-corrected chi connectivity index (χ4v) is 4.75. The number of carbonyl (C=O) groups excluding carboxylic acids is 1. The van der Waals surface area contributed by atoms with E-state index in [1.807, 2.05) is 11.1 Å². The molecule has 2 aliphatic rings. The van der Waals surface area contributed by atoms with Crippen molar-refractivity contribution in [2.75, 3.05) is 69.8 Å². The number of carbonyl (C=O) groups is 1. The standard InChI is InChI=1S/C21H26N8O3S/c1-31-18-17-19(24-14-23-18)33-20(25-17)26-21(30)29-6-4-27(5-7-29)13-15-2-3-16(22-12-15)28-8-10-32-11-9-28/h2-3,12,14H,4-11,13H2,1H3,(H,25,26,30). The molecule has 12 heteroatoms. The van der Waals surface area contributed by atoms with E-state index < -0.39 is 0 Å². The first-order chi connectivity index (χ1) is 16.2. The summed E-state index contributed by atoms with van der Waals surface area (Å²) in [5.74, 6) is 1.40. The second-order valence-corrected chi connectivity index (χ2v) is 8.85. The first-order valence-corrected chi connectivity index (χ1v) is 11.7. The fourth-order valence-electron chi connectivity index (χ4n) is 3.96. The highest BCUT2D eigenvalue weighted by atomic mass is 32.1. The summed E-state index contributed by atoms with van der Waals surface area (Å²) in [7, 11) is 1.54. The van der Waals surface area contributed by atoms with Crippen molar-refractivity contribution in [3.63, 3.8) is 0 Å². The lowest BCUT2D eigenvalue weighted by Crippen LogP contribution is -2.49. The Kier molecular flexibility index (Phi) is 6.46. The van der Waals surface area contributed by atoms with Gasteiger partial charge >= 0.3 is 6.03 Å². The van der Waals surface area contributed by atoms with E-state index in [0.29, 0.717) is 34.4 Å². The van der Waals surface area contributed by atoms with E-state index in [1.54, 1.807) is 0 Å². The number of nitrogens with one attached hydrogen (secondary N) is 1. The summed E-state index contributed by atoms with van der Waals surface area (Å²) >= 11 is 1.30. The number of ether oxygens (including phenoxy) is 2. The van der Waals surface area contributed by atoms with Gasteiger partial charge in [-0.3, -0.25) is 10.2 Å². The molecule has 0 saturated carbocycles. The molecular weight excluding hydrogens is 444 g/mol. The number of hydrogen-bond acceptors (Lipinski definition) is 10. The molecule has 3 aromatic heterocycles. The average molecular weight is 471 g/mol. The number of thiazole rings is 1. The molecule has 2 saturated heterocycles. The summed E-state index contributed by atoms with van der Waals surface area (Å²) < 4.78 is 10.6. The van der Waals surface area contributed by atoms with Crippen LogP contribution < -0.4 is 15.0 Å². The van der Waals surface area contributed by atoms with Crippen LogP contribution in [0.25, 0.3) is 10.3 Å². The number of rotatable bonds is 5. The topological polar surface area (TPSA) is 109 Å². The van der Waals surface area contributed by atoms with Crippen molar-refractivity contribution in [2.24, 2.45) is 0 Å². The summed E-state index contributed by atoms with van der Waals surface area (Å²) in [6.45, 7) is 7.00. The van der Waals surface area contributed by atoms with Gasteiger partial charge < -0.3 is 19.3 Å². The van der Waals surface area contributed by atoms with Crippen molar-refractivity contribution in [2.45, 2.75) is 6.54 Å². The number of amides is 2. The van der Waals surface area contributed by atoms with Crippen LogP contribution in [-0.4, -0.2) is 95.4 Å². The largest absolute Gasteiger partial charge is 0.479 e. The number of urea groups is 1. The van der Waals surface area contributed by atoms with Gasteiger partial charge in [0, 0.05) is 52.0 Å². The van der Waals surface area contributed by atoms with Gasteiger partial charge in [0.25, 0.3) is 0 Å². The molecule has 5 heterocycles. The Hall–Kier alpha value is -3.09. The van der Waals surface area contributed by atoms with Gasteiger partial charge in [-0.1, -0.05) is 17.4 Å². The molecule has 0 aromatic carbocycles. The van der Waals surface area contributed by atoms with E-state index in [0.717, 1.165) is 51.8 Å². The maximum atomic E-state index is 12.7. The third-order valence-electron chi connectivity index (χ3n) is 5.78. The number of aromatic nitrogens is 4. The molecular formula is C21H26N8O3S. The SMILES string of the molecule is COc1ncnc2sc(NC(=O)N3CCN(Cc4ccc(N5CCOCC5)nc4)CC3)nc12. The van der Waals surface area contributed by atoms with Gasteiger partial charge in [-0.25, -0.2) is 19.7 Å². The van der Waals surface area contributed by atoms with E-state index in [-0.39, 0.29) is 6.03 Å². The minimum Gasteiger partial charge on any atom is -0.479 e. The third kappa shape index (κ3) is 4.97. The predicted molar refractivity (Wildman–Crippen MR) is 125 cm³/mol. The van der Waals surface area contributed by atoms with Crippen molar-refractivity contribution in [3.05, 3.63) is 30.2 Å². The molecule has 0 spiro atoms. The Bertz CT molecular complexity index is 1090. The lowest BCUT2D eigenvalue weighted by molar-refractivity contribution is 0.122. The van der Waals surface area contributed by atoms with Gasteiger partial charge in [0.15, 0.2) is 15.5 Å². The zero-order chi connectivity index (χ0) is 22.6. The number of fused-ring (bicyclic) bond motifs is 1. The van der Waals surface area contributed by atoms with Crippen molar-refractivity contribution >= 4 is 38.7 Å². The molecule has 0 aliphatic carbocycles. The van der Waals surface area contributed by atoms with Crippen LogP contribution in [0.3, 0.4) is 0 Å². The van der Waals surface area contributed by atoms with Crippen molar-refractivity contribution in [3.8, 4) is 5.88 Å². The number of methoxy groups -OCH3 is 1. The van der Waals surface area contributed by atoms with E-state index in [2.05, 4.69) is 47.2 Å². The average Bonchev–Trinajstić information content (AvgIpc) is 3.28. The van der Waals surface area contributed by atoms with E-state index >= 15 is 0 Å². The van der Waals surface area contributed by atoms with Gasteiger partial charge in [0.1, 0.15) is 12.1 Å². The molecule has 33 heavy (non-hydrogen) atoms. The highest BCUT2D eigenvalue weighted by Crippen LogP contribution is 2.29. The number of nitrogens with zero attached hydrogens (tertiary/aromatic N) is 7. The van der Waals surface area contributed by atoms with Gasteiger partial charge in [0.05, 0.1) is 20.3 Å².